The molecule has 2 aromatic rings. The number of rotatable bonds is 3. The standard InChI is InChI=1S/C10H8N4O3S/c11-13-9-3-4-10(14-12)8-5-6(18(15,16)17)1-2-7(8)9/h1-5,11-12H,(H,15,16,17). The summed E-state index contributed by atoms with van der Waals surface area (Å²) in [5.41, 5.74) is 14.6. The molecule has 2 aromatic carbocycles. The van der Waals surface area contributed by atoms with Gasteiger partial charge in [-0.3, -0.25) is 4.55 Å². The molecular formula is C10H8N4O3S. The van der Waals surface area contributed by atoms with Gasteiger partial charge >= 0.3 is 0 Å². The van der Waals surface area contributed by atoms with Gasteiger partial charge in [-0.1, -0.05) is 6.07 Å². The zero-order chi connectivity index (χ0) is 13.3. The Morgan fingerprint density at radius 3 is 2.00 bits per heavy atom. The first-order valence-corrected chi connectivity index (χ1v) is 6.20. The van der Waals surface area contributed by atoms with E-state index in [9.17, 15) is 8.42 Å². The van der Waals surface area contributed by atoms with Crippen molar-refractivity contribution in [1.82, 2.24) is 0 Å². The summed E-state index contributed by atoms with van der Waals surface area (Å²) in [5, 5.41) is 7.40. The predicted molar refractivity (Wildman–Crippen MR) is 63.4 cm³/mol. The first-order chi connectivity index (χ1) is 8.47. The Morgan fingerprint density at radius 2 is 1.50 bits per heavy atom. The van der Waals surface area contributed by atoms with Crippen LogP contribution >= 0.6 is 0 Å². The van der Waals surface area contributed by atoms with Crippen molar-refractivity contribution < 1.29 is 13.0 Å². The number of nitrogens with zero attached hydrogens (tertiary/aromatic N) is 2. The van der Waals surface area contributed by atoms with Gasteiger partial charge in [0.25, 0.3) is 10.1 Å². The molecule has 0 aliphatic carbocycles. The minimum Gasteiger partial charge on any atom is -0.282 e. The summed E-state index contributed by atoms with van der Waals surface area (Å²) < 4.78 is 31.1. The fourth-order valence-electron chi connectivity index (χ4n) is 1.65. The molecule has 0 radical (unpaired) electrons. The fourth-order valence-corrected chi connectivity index (χ4v) is 2.16. The second-order valence-corrected chi connectivity index (χ2v) is 4.93. The second-order valence-electron chi connectivity index (χ2n) is 3.51. The van der Waals surface area contributed by atoms with Gasteiger partial charge in [-0.15, -0.1) is 0 Å². The highest BCUT2D eigenvalue weighted by Gasteiger charge is 2.13. The van der Waals surface area contributed by atoms with E-state index in [1.54, 1.807) is 0 Å². The van der Waals surface area contributed by atoms with Crippen LogP contribution in [0, 0.1) is 11.1 Å². The molecule has 18 heavy (non-hydrogen) atoms. The summed E-state index contributed by atoms with van der Waals surface area (Å²) in [5.74, 6) is 0. The summed E-state index contributed by atoms with van der Waals surface area (Å²) in [6, 6.07) is 6.79. The van der Waals surface area contributed by atoms with Crippen LogP contribution in [-0.2, 0) is 10.1 Å². The van der Waals surface area contributed by atoms with Crippen molar-refractivity contribution in [3.8, 4) is 0 Å². The topological polar surface area (TPSA) is 127 Å². The summed E-state index contributed by atoms with van der Waals surface area (Å²) in [6.45, 7) is 0. The zero-order valence-electron chi connectivity index (χ0n) is 8.95. The van der Waals surface area contributed by atoms with E-state index < -0.39 is 10.1 Å². The largest absolute Gasteiger partial charge is 0.294 e. The van der Waals surface area contributed by atoms with Crippen molar-refractivity contribution in [1.29, 1.82) is 11.1 Å². The summed E-state index contributed by atoms with van der Waals surface area (Å²) in [6.07, 6.45) is 0. The third kappa shape index (κ3) is 1.98. The highest BCUT2D eigenvalue weighted by molar-refractivity contribution is 7.85. The molecule has 0 fully saturated rings. The Kier molecular flexibility index (Phi) is 2.89. The van der Waals surface area contributed by atoms with Crippen LogP contribution in [0.2, 0.25) is 0 Å². The molecule has 92 valence electrons. The maximum atomic E-state index is 11.0. The molecule has 0 spiro atoms. The quantitative estimate of drug-likeness (QED) is 0.580. The average molecular weight is 264 g/mol. The summed E-state index contributed by atoms with van der Waals surface area (Å²) >= 11 is 0. The van der Waals surface area contributed by atoms with Crippen molar-refractivity contribution in [2.75, 3.05) is 0 Å². The highest BCUT2D eigenvalue weighted by atomic mass is 32.2. The van der Waals surface area contributed by atoms with Gasteiger partial charge in [-0.25, -0.2) is 11.1 Å². The van der Waals surface area contributed by atoms with Crippen LogP contribution < -0.4 is 0 Å². The third-order valence-corrected chi connectivity index (χ3v) is 3.33. The molecule has 0 bridgehead atoms. The van der Waals surface area contributed by atoms with E-state index in [2.05, 4.69) is 10.2 Å². The first kappa shape index (κ1) is 12.3. The van der Waals surface area contributed by atoms with Gasteiger partial charge in [0.05, 0.1) is 16.3 Å². The molecule has 0 heterocycles. The maximum absolute atomic E-state index is 11.0. The molecule has 0 atom stereocenters. The Morgan fingerprint density at radius 1 is 0.944 bits per heavy atom. The fraction of sp³-hybridized carbons (Fsp3) is 0. The van der Waals surface area contributed by atoms with Crippen LogP contribution in [0.25, 0.3) is 10.8 Å². The second kappa shape index (κ2) is 4.24. The lowest BCUT2D eigenvalue weighted by molar-refractivity contribution is 0.483. The molecule has 2 rings (SSSR count). The van der Waals surface area contributed by atoms with E-state index >= 15 is 0 Å². The zero-order valence-corrected chi connectivity index (χ0v) is 9.77. The van der Waals surface area contributed by atoms with Crippen LogP contribution in [0.1, 0.15) is 0 Å². The molecule has 0 unspecified atom stereocenters. The van der Waals surface area contributed by atoms with E-state index in [-0.39, 0.29) is 10.6 Å². The van der Waals surface area contributed by atoms with Crippen molar-refractivity contribution in [2.24, 2.45) is 10.2 Å². The van der Waals surface area contributed by atoms with Crippen LogP contribution in [-0.4, -0.2) is 13.0 Å². The monoisotopic (exact) mass is 264 g/mol. The van der Waals surface area contributed by atoms with Crippen molar-refractivity contribution >= 4 is 32.3 Å². The lowest BCUT2D eigenvalue weighted by atomic mass is 10.1. The van der Waals surface area contributed by atoms with Gasteiger partial charge in [0.15, 0.2) is 0 Å². The van der Waals surface area contributed by atoms with E-state index in [1.165, 1.54) is 30.3 Å². The van der Waals surface area contributed by atoms with Crippen molar-refractivity contribution in [3.63, 3.8) is 0 Å². The van der Waals surface area contributed by atoms with Gasteiger partial charge in [-0.2, -0.15) is 18.6 Å². The average Bonchev–Trinajstić information content (AvgIpc) is 2.35. The molecule has 0 aliphatic heterocycles. The van der Waals surface area contributed by atoms with Gasteiger partial charge in [-0.05, 0) is 24.3 Å². The van der Waals surface area contributed by atoms with Crippen molar-refractivity contribution in [2.45, 2.75) is 4.90 Å². The SMILES string of the molecule is N=Nc1ccc(N=N)c2cc(S(=O)(=O)O)ccc12. The van der Waals surface area contributed by atoms with Crippen LogP contribution in [0.5, 0.6) is 0 Å². The highest BCUT2D eigenvalue weighted by Crippen LogP contribution is 2.34. The van der Waals surface area contributed by atoms with Gasteiger partial charge in [0, 0.05) is 10.8 Å². The van der Waals surface area contributed by atoms with Crippen molar-refractivity contribution in [3.05, 3.63) is 30.3 Å². The molecular weight excluding hydrogens is 256 g/mol. The Bertz CT molecular complexity index is 755. The molecule has 0 aromatic heterocycles. The minimum atomic E-state index is -4.32. The molecule has 0 amide bonds. The Labute approximate surface area is 102 Å². The Balaban J connectivity index is 2.91. The van der Waals surface area contributed by atoms with E-state index in [4.69, 9.17) is 15.6 Å². The predicted octanol–water partition coefficient (Wildman–Crippen LogP) is 3.41. The maximum Gasteiger partial charge on any atom is 0.294 e. The third-order valence-electron chi connectivity index (χ3n) is 2.48. The molecule has 0 saturated heterocycles. The first-order valence-electron chi connectivity index (χ1n) is 4.76. The number of nitrogens with one attached hydrogen (secondary N) is 2. The number of fused-ring (bicyclic) bond motifs is 1. The van der Waals surface area contributed by atoms with Crippen LogP contribution in [0.4, 0.5) is 11.4 Å². The van der Waals surface area contributed by atoms with E-state index in [0.29, 0.717) is 16.5 Å². The van der Waals surface area contributed by atoms with E-state index in [1.807, 2.05) is 0 Å². The molecule has 3 N–H and O–H groups in total. The van der Waals surface area contributed by atoms with Crippen LogP contribution in [0.3, 0.4) is 0 Å². The Hall–Kier alpha value is -2.19. The van der Waals surface area contributed by atoms with Crippen LogP contribution in [0.15, 0.2) is 45.5 Å². The normalized spacial score (nSPS) is 11.4. The molecule has 0 aliphatic rings. The molecule has 0 saturated carbocycles. The van der Waals surface area contributed by atoms with Gasteiger partial charge in [0.2, 0.25) is 0 Å². The number of hydrogen-bond donors (Lipinski definition) is 3. The minimum absolute atomic E-state index is 0.239. The smallest absolute Gasteiger partial charge is 0.282 e. The summed E-state index contributed by atoms with van der Waals surface area (Å²) in [4.78, 5) is -0.290. The summed E-state index contributed by atoms with van der Waals surface area (Å²) in [7, 11) is -4.32. The lowest BCUT2D eigenvalue weighted by Crippen LogP contribution is -1.97. The van der Waals surface area contributed by atoms with Gasteiger partial charge < -0.3 is 0 Å². The number of benzene rings is 2. The van der Waals surface area contributed by atoms with E-state index in [0.717, 1.165) is 0 Å². The molecule has 8 heteroatoms. The lowest BCUT2D eigenvalue weighted by Gasteiger charge is -2.05. The molecule has 7 nitrogen and oxygen atoms in total. The number of hydrogen-bond acceptors (Lipinski definition) is 6. The van der Waals surface area contributed by atoms with Gasteiger partial charge in [0.1, 0.15) is 0 Å².